The highest BCUT2D eigenvalue weighted by atomic mass is 19.2. The van der Waals surface area contributed by atoms with Crippen LogP contribution in [-0.2, 0) is 0 Å². The van der Waals surface area contributed by atoms with Gasteiger partial charge in [-0.2, -0.15) is 0 Å². The lowest BCUT2D eigenvalue weighted by molar-refractivity contribution is 0.208. The predicted molar refractivity (Wildman–Crippen MR) is 69.6 cm³/mol. The van der Waals surface area contributed by atoms with Crippen LogP contribution < -0.4 is 5.32 Å². The van der Waals surface area contributed by atoms with Crippen LogP contribution in [-0.4, -0.2) is 31.1 Å². The molecule has 1 aliphatic rings. The number of piperidine rings is 1. The van der Waals surface area contributed by atoms with Crippen molar-refractivity contribution in [2.75, 3.05) is 25.5 Å². The number of rotatable bonds is 3. The minimum absolute atomic E-state index is 0.0327. The molecule has 1 unspecified atom stereocenters. The van der Waals surface area contributed by atoms with Crippen molar-refractivity contribution in [3.8, 4) is 0 Å². The molecule has 1 heterocycles. The Morgan fingerprint density at radius 1 is 1.11 bits per heavy atom. The van der Waals surface area contributed by atoms with Crippen LogP contribution in [0.3, 0.4) is 0 Å². The zero-order valence-corrected chi connectivity index (χ0v) is 11.2. The molecule has 1 N–H and O–H groups in total. The van der Waals surface area contributed by atoms with Crippen molar-refractivity contribution >= 4 is 5.69 Å². The van der Waals surface area contributed by atoms with Gasteiger partial charge in [0, 0.05) is 18.2 Å². The number of halogens is 3. The fourth-order valence-electron chi connectivity index (χ4n) is 2.52. The van der Waals surface area contributed by atoms with Gasteiger partial charge in [-0.3, -0.25) is 0 Å². The average molecular weight is 272 g/mol. The van der Waals surface area contributed by atoms with Gasteiger partial charge in [-0.05, 0) is 45.8 Å². The molecule has 106 valence electrons. The van der Waals surface area contributed by atoms with Crippen molar-refractivity contribution in [1.29, 1.82) is 0 Å². The molecule has 1 aliphatic heterocycles. The second-order valence-electron chi connectivity index (χ2n) is 5.32. The van der Waals surface area contributed by atoms with E-state index in [0.29, 0.717) is 12.0 Å². The van der Waals surface area contributed by atoms with E-state index < -0.39 is 17.5 Å². The molecule has 19 heavy (non-hydrogen) atoms. The molecular weight excluding hydrogens is 253 g/mol. The Morgan fingerprint density at radius 2 is 1.68 bits per heavy atom. The third-order valence-electron chi connectivity index (χ3n) is 3.86. The topological polar surface area (TPSA) is 15.3 Å². The first-order valence-corrected chi connectivity index (χ1v) is 6.57. The first kappa shape index (κ1) is 14.2. The van der Waals surface area contributed by atoms with E-state index in [9.17, 15) is 13.2 Å². The van der Waals surface area contributed by atoms with Crippen molar-refractivity contribution in [2.45, 2.75) is 25.8 Å². The summed E-state index contributed by atoms with van der Waals surface area (Å²) in [6, 6.07) is 1.50. The molecule has 1 saturated heterocycles. The van der Waals surface area contributed by atoms with Crippen LogP contribution >= 0.6 is 0 Å². The summed E-state index contributed by atoms with van der Waals surface area (Å²) >= 11 is 0. The Bertz CT molecular complexity index is 443. The van der Waals surface area contributed by atoms with E-state index in [4.69, 9.17) is 0 Å². The number of anilines is 1. The minimum atomic E-state index is -1.16. The molecule has 5 heteroatoms. The summed E-state index contributed by atoms with van der Waals surface area (Å²) in [5.41, 5.74) is 0.0327. The van der Waals surface area contributed by atoms with Gasteiger partial charge in [0.15, 0.2) is 11.6 Å². The smallest absolute Gasteiger partial charge is 0.161 e. The van der Waals surface area contributed by atoms with Gasteiger partial charge in [-0.25, -0.2) is 13.2 Å². The first-order valence-electron chi connectivity index (χ1n) is 6.57. The maximum atomic E-state index is 13.5. The molecule has 1 atom stereocenters. The average Bonchev–Trinajstić information content (AvgIpc) is 2.36. The molecular formula is C14H19F3N2. The SMILES string of the molecule is CC(Nc1cc(F)c(F)cc1F)C1CCN(C)CC1. The summed E-state index contributed by atoms with van der Waals surface area (Å²) in [5, 5.41) is 2.96. The van der Waals surface area contributed by atoms with E-state index in [0.717, 1.165) is 32.0 Å². The number of nitrogens with one attached hydrogen (secondary N) is 1. The number of hydrogen-bond acceptors (Lipinski definition) is 2. The van der Waals surface area contributed by atoms with Crippen LogP contribution in [0.4, 0.5) is 18.9 Å². The lowest BCUT2D eigenvalue weighted by Gasteiger charge is -2.33. The maximum absolute atomic E-state index is 13.5. The summed E-state index contributed by atoms with van der Waals surface area (Å²) < 4.78 is 39.5. The zero-order chi connectivity index (χ0) is 14.0. The minimum Gasteiger partial charge on any atom is -0.380 e. The van der Waals surface area contributed by atoms with E-state index in [1.165, 1.54) is 0 Å². The summed E-state index contributed by atoms with van der Waals surface area (Å²) in [5.74, 6) is -2.52. The van der Waals surface area contributed by atoms with E-state index in [2.05, 4.69) is 17.3 Å². The van der Waals surface area contributed by atoms with Crippen molar-refractivity contribution in [1.82, 2.24) is 4.90 Å². The fraction of sp³-hybridized carbons (Fsp3) is 0.571. The standard InChI is InChI=1S/C14H19F3N2/c1-9(10-3-5-19(2)6-4-10)18-14-8-12(16)11(15)7-13(14)17/h7-10,18H,3-6H2,1-2H3. The van der Waals surface area contributed by atoms with E-state index in [1.807, 2.05) is 6.92 Å². The summed E-state index contributed by atoms with van der Waals surface area (Å²) in [6.07, 6.45) is 2.05. The lowest BCUT2D eigenvalue weighted by atomic mass is 9.90. The second kappa shape index (κ2) is 5.82. The maximum Gasteiger partial charge on any atom is 0.161 e. The van der Waals surface area contributed by atoms with E-state index >= 15 is 0 Å². The molecule has 0 bridgehead atoms. The predicted octanol–water partition coefficient (Wildman–Crippen LogP) is 3.25. The van der Waals surface area contributed by atoms with Crippen molar-refractivity contribution < 1.29 is 13.2 Å². The van der Waals surface area contributed by atoms with Gasteiger partial charge in [-0.15, -0.1) is 0 Å². The molecule has 0 aliphatic carbocycles. The third-order valence-corrected chi connectivity index (χ3v) is 3.86. The highest BCUT2D eigenvalue weighted by molar-refractivity contribution is 5.46. The highest BCUT2D eigenvalue weighted by Crippen LogP contribution is 2.25. The summed E-state index contributed by atoms with van der Waals surface area (Å²) in [6.45, 7) is 3.98. The molecule has 0 spiro atoms. The van der Waals surface area contributed by atoms with E-state index in [-0.39, 0.29) is 11.7 Å². The summed E-state index contributed by atoms with van der Waals surface area (Å²) in [4.78, 5) is 2.25. The molecule has 2 nitrogen and oxygen atoms in total. The van der Waals surface area contributed by atoms with Crippen LogP contribution in [0, 0.1) is 23.4 Å². The molecule has 0 amide bonds. The largest absolute Gasteiger partial charge is 0.380 e. The van der Waals surface area contributed by atoms with Gasteiger partial charge in [0.1, 0.15) is 5.82 Å². The highest BCUT2D eigenvalue weighted by Gasteiger charge is 2.23. The number of likely N-dealkylation sites (tertiary alicyclic amines) is 1. The van der Waals surface area contributed by atoms with Crippen LogP contribution in [0.25, 0.3) is 0 Å². The number of hydrogen-bond donors (Lipinski definition) is 1. The quantitative estimate of drug-likeness (QED) is 0.850. The molecule has 1 aromatic rings. The Morgan fingerprint density at radius 3 is 2.32 bits per heavy atom. The van der Waals surface area contributed by atoms with Crippen LogP contribution in [0.2, 0.25) is 0 Å². The molecule has 1 aromatic carbocycles. The zero-order valence-electron chi connectivity index (χ0n) is 11.2. The van der Waals surface area contributed by atoms with Crippen molar-refractivity contribution in [3.63, 3.8) is 0 Å². The Kier molecular flexibility index (Phi) is 4.34. The number of benzene rings is 1. The molecule has 0 radical (unpaired) electrons. The Balaban J connectivity index is 2.02. The van der Waals surface area contributed by atoms with Gasteiger partial charge in [-0.1, -0.05) is 0 Å². The molecule has 0 saturated carbocycles. The Hall–Kier alpha value is -1.23. The second-order valence-corrected chi connectivity index (χ2v) is 5.32. The lowest BCUT2D eigenvalue weighted by Crippen LogP contribution is -2.37. The first-order chi connectivity index (χ1) is 8.97. The third kappa shape index (κ3) is 3.41. The van der Waals surface area contributed by atoms with Crippen molar-refractivity contribution in [3.05, 3.63) is 29.6 Å². The van der Waals surface area contributed by atoms with Gasteiger partial charge in [0.05, 0.1) is 5.69 Å². The van der Waals surface area contributed by atoms with E-state index in [1.54, 1.807) is 0 Å². The van der Waals surface area contributed by atoms with Crippen LogP contribution in [0.1, 0.15) is 19.8 Å². The monoisotopic (exact) mass is 272 g/mol. The molecule has 1 fully saturated rings. The van der Waals surface area contributed by atoms with Crippen molar-refractivity contribution in [2.24, 2.45) is 5.92 Å². The van der Waals surface area contributed by atoms with Gasteiger partial charge in [0.2, 0.25) is 0 Å². The fourth-order valence-corrected chi connectivity index (χ4v) is 2.52. The number of nitrogens with zero attached hydrogens (tertiary/aromatic N) is 1. The summed E-state index contributed by atoms with van der Waals surface area (Å²) in [7, 11) is 2.07. The van der Waals surface area contributed by atoms with Gasteiger partial charge < -0.3 is 10.2 Å². The molecule has 0 aromatic heterocycles. The normalized spacial score (nSPS) is 19.4. The van der Waals surface area contributed by atoms with Crippen LogP contribution in [0.5, 0.6) is 0 Å². The van der Waals surface area contributed by atoms with Gasteiger partial charge in [0.25, 0.3) is 0 Å². The molecule has 2 rings (SSSR count). The van der Waals surface area contributed by atoms with Crippen LogP contribution in [0.15, 0.2) is 12.1 Å². The Labute approximate surface area is 111 Å². The van der Waals surface area contributed by atoms with Gasteiger partial charge >= 0.3 is 0 Å².